The lowest BCUT2D eigenvalue weighted by molar-refractivity contribution is -0.164. The fraction of sp³-hybridized carbons (Fsp3) is 0.111. The summed E-state index contributed by atoms with van der Waals surface area (Å²) in [5.74, 6) is -6.46. The van der Waals surface area contributed by atoms with Crippen molar-refractivity contribution in [3.63, 3.8) is 0 Å². The average Bonchev–Trinajstić information content (AvgIpc) is 2.62. The van der Waals surface area contributed by atoms with Crippen molar-refractivity contribution in [2.75, 3.05) is 0 Å². The summed E-state index contributed by atoms with van der Waals surface area (Å²) in [7, 11) is 0. The Morgan fingerprint density at radius 2 is 1.12 bits per heavy atom. The Labute approximate surface area is 148 Å². The number of aliphatic carboxylic acids is 3. The van der Waals surface area contributed by atoms with Crippen molar-refractivity contribution >= 4 is 23.9 Å². The molecule has 0 saturated heterocycles. The van der Waals surface area contributed by atoms with Gasteiger partial charge < -0.3 is 20.1 Å². The number of rotatable bonds is 4. The van der Waals surface area contributed by atoms with E-state index in [9.17, 15) is 9.59 Å². The van der Waals surface area contributed by atoms with E-state index < -0.39 is 23.9 Å². The summed E-state index contributed by atoms with van der Waals surface area (Å²) in [6.07, 6.45) is 0.829. The second-order valence-electron chi connectivity index (χ2n) is 4.97. The van der Waals surface area contributed by atoms with Crippen LogP contribution in [0.1, 0.15) is 16.7 Å². The summed E-state index contributed by atoms with van der Waals surface area (Å²) in [4.78, 5) is 39.3. The van der Waals surface area contributed by atoms with E-state index in [0.29, 0.717) is 0 Å². The summed E-state index contributed by atoms with van der Waals surface area (Å²) in [6.45, 7) is -0.0310. The van der Waals surface area contributed by atoms with Gasteiger partial charge in [0.05, 0.1) is 0 Å². The van der Waals surface area contributed by atoms with Crippen molar-refractivity contribution in [2.45, 2.75) is 13.0 Å². The summed E-state index contributed by atoms with van der Waals surface area (Å²) < 4.78 is 4.61. The first-order chi connectivity index (χ1) is 12.3. The van der Waals surface area contributed by atoms with E-state index >= 15 is 0 Å². The van der Waals surface area contributed by atoms with Gasteiger partial charge in [0.2, 0.25) is 0 Å². The monoisotopic (exact) mass is 360 g/mol. The number of hydrogen-bond donors (Lipinski definition) is 3. The third-order valence-electron chi connectivity index (χ3n) is 3.00. The van der Waals surface area contributed by atoms with Crippen LogP contribution in [0.2, 0.25) is 0 Å². The molecule has 8 heteroatoms. The third kappa shape index (κ3) is 7.73. The van der Waals surface area contributed by atoms with Crippen LogP contribution < -0.4 is 0 Å². The Kier molecular flexibility index (Phi) is 8.02. The summed E-state index contributed by atoms with van der Waals surface area (Å²) in [6, 6.07) is 17.6. The van der Waals surface area contributed by atoms with Gasteiger partial charge in [0.25, 0.3) is 0 Å². The van der Waals surface area contributed by atoms with E-state index in [2.05, 4.69) is 16.9 Å². The van der Waals surface area contributed by atoms with Crippen molar-refractivity contribution < 1.29 is 39.2 Å². The SMILES string of the molecule is O=C(O)C(=O)O.O=C(O)C(=O)OCc1ccc(Cc2ccccc2)cc1. The third-order valence-corrected chi connectivity index (χ3v) is 3.00. The van der Waals surface area contributed by atoms with E-state index in [4.69, 9.17) is 24.9 Å². The maximum Gasteiger partial charge on any atom is 0.417 e. The highest BCUT2D eigenvalue weighted by Crippen LogP contribution is 2.11. The molecule has 136 valence electrons. The van der Waals surface area contributed by atoms with E-state index in [-0.39, 0.29) is 6.61 Å². The minimum absolute atomic E-state index is 0.0310. The minimum atomic E-state index is -1.82. The topological polar surface area (TPSA) is 138 Å². The first-order valence-corrected chi connectivity index (χ1v) is 7.27. The number of benzene rings is 2. The van der Waals surface area contributed by atoms with Crippen LogP contribution in [-0.4, -0.2) is 39.2 Å². The average molecular weight is 360 g/mol. The number of carbonyl (C=O) groups excluding carboxylic acids is 1. The molecule has 0 radical (unpaired) electrons. The molecule has 3 N–H and O–H groups in total. The first-order valence-electron chi connectivity index (χ1n) is 7.27. The summed E-state index contributed by atoms with van der Waals surface area (Å²) in [5.41, 5.74) is 3.12. The molecule has 2 aromatic carbocycles. The quantitative estimate of drug-likeness (QED) is 0.551. The van der Waals surface area contributed by atoms with Crippen LogP contribution in [0.25, 0.3) is 0 Å². The van der Waals surface area contributed by atoms with Gasteiger partial charge in [-0.15, -0.1) is 0 Å². The first kappa shape index (κ1) is 20.4. The van der Waals surface area contributed by atoms with Gasteiger partial charge in [-0.3, -0.25) is 0 Å². The molecule has 0 amide bonds. The molecule has 0 spiro atoms. The van der Waals surface area contributed by atoms with Gasteiger partial charge in [-0.05, 0) is 23.1 Å². The van der Waals surface area contributed by atoms with Crippen LogP contribution in [-0.2, 0) is 36.9 Å². The molecule has 0 fully saturated rings. The maximum atomic E-state index is 10.8. The van der Waals surface area contributed by atoms with Crippen LogP contribution in [0.3, 0.4) is 0 Å². The molecule has 8 nitrogen and oxygen atoms in total. The highest BCUT2D eigenvalue weighted by atomic mass is 16.6. The van der Waals surface area contributed by atoms with E-state index in [1.165, 1.54) is 5.56 Å². The number of ether oxygens (including phenoxy) is 1. The highest BCUT2D eigenvalue weighted by molar-refractivity contribution is 6.28. The zero-order chi connectivity index (χ0) is 19.5. The Hall–Kier alpha value is -3.68. The molecular weight excluding hydrogens is 344 g/mol. The second-order valence-corrected chi connectivity index (χ2v) is 4.97. The smallest absolute Gasteiger partial charge is 0.417 e. The molecule has 0 bridgehead atoms. The Balaban J connectivity index is 0.000000487. The molecule has 0 saturated carbocycles. The summed E-state index contributed by atoms with van der Waals surface area (Å²) >= 11 is 0. The molecule has 26 heavy (non-hydrogen) atoms. The number of esters is 1. The van der Waals surface area contributed by atoms with Crippen molar-refractivity contribution in [3.8, 4) is 0 Å². The fourth-order valence-corrected chi connectivity index (χ4v) is 1.80. The van der Waals surface area contributed by atoms with Crippen molar-refractivity contribution in [1.82, 2.24) is 0 Å². The van der Waals surface area contributed by atoms with Gasteiger partial charge in [-0.2, -0.15) is 0 Å². The normalized spacial score (nSPS) is 9.38. The van der Waals surface area contributed by atoms with Gasteiger partial charge in [0.15, 0.2) is 0 Å². The van der Waals surface area contributed by atoms with E-state index in [0.717, 1.165) is 17.5 Å². The summed E-state index contributed by atoms with van der Waals surface area (Å²) in [5, 5.41) is 23.2. The molecule has 2 aromatic rings. The minimum Gasteiger partial charge on any atom is -0.473 e. The predicted molar refractivity (Wildman–Crippen MR) is 88.4 cm³/mol. The molecule has 0 aliphatic carbocycles. The van der Waals surface area contributed by atoms with E-state index in [1.54, 1.807) is 0 Å². The lowest BCUT2D eigenvalue weighted by atomic mass is 10.0. The van der Waals surface area contributed by atoms with Crippen LogP contribution in [0.4, 0.5) is 0 Å². The molecule has 0 aliphatic rings. The van der Waals surface area contributed by atoms with Gasteiger partial charge >= 0.3 is 23.9 Å². The number of hydrogen-bond acceptors (Lipinski definition) is 5. The predicted octanol–water partition coefficient (Wildman–Crippen LogP) is 1.56. The molecule has 2 rings (SSSR count). The Bertz CT molecular complexity index is 754. The zero-order valence-corrected chi connectivity index (χ0v) is 13.5. The Morgan fingerprint density at radius 3 is 1.58 bits per heavy atom. The zero-order valence-electron chi connectivity index (χ0n) is 13.5. The van der Waals surface area contributed by atoms with Gasteiger partial charge in [0, 0.05) is 0 Å². The largest absolute Gasteiger partial charge is 0.473 e. The standard InChI is InChI=1S/C16H14O4.C2H2O4/c17-15(18)16(19)20-11-14-8-6-13(7-9-14)10-12-4-2-1-3-5-12;3-1(4)2(5)6/h1-9H,10-11H2,(H,17,18);(H,3,4)(H,5,6). The molecule has 0 unspecified atom stereocenters. The molecule has 0 heterocycles. The van der Waals surface area contributed by atoms with Crippen molar-refractivity contribution in [3.05, 3.63) is 71.3 Å². The fourth-order valence-electron chi connectivity index (χ4n) is 1.80. The molecule has 0 aromatic heterocycles. The van der Waals surface area contributed by atoms with Crippen LogP contribution in [0, 0.1) is 0 Å². The lowest BCUT2D eigenvalue weighted by Crippen LogP contribution is -2.15. The van der Waals surface area contributed by atoms with Crippen LogP contribution in [0.15, 0.2) is 54.6 Å². The van der Waals surface area contributed by atoms with Gasteiger partial charge in [-0.25, -0.2) is 19.2 Å². The number of carbonyl (C=O) groups is 4. The van der Waals surface area contributed by atoms with Crippen LogP contribution in [0.5, 0.6) is 0 Å². The van der Waals surface area contributed by atoms with Crippen molar-refractivity contribution in [2.24, 2.45) is 0 Å². The number of carboxylic acid groups (broad SMARTS) is 3. The molecule has 0 atom stereocenters. The second kappa shape index (κ2) is 10.2. The maximum absolute atomic E-state index is 10.8. The van der Waals surface area contributed by atoms with E-state index in [1.807, 2.05) is 42.5 Å². The van der Waals surface area contributed by atoms with Crippen LogP contribution >= 0.6 is 0 Å². The number of carboxylic acids is 3. The van der Waals surface area contributed by atoms with Gasteiger partial charge in [0.1, 0.15) is 6.61 Å². The molecular formula is C18H16O8. The van der Waals surface area contributed by atoms with Crippen molar-refractivity contribution in [1.29, 1.82) is 0 Å². The Morgan fingerprint density at radius 1 is 0.654 bits per heavy atom. The lowest BCUT2D eigenvalue weighted by Gasteiger charge is -2.05. The van der Waals surface area contributed by atoms with Gasteiger partial charge in [-0.1, -0.05) is 54.6 Å². The highest BCUT2D eigenvalue weighted by Gasteiger charge is 2.12. The molecule has 0 aliphatic heterocycles.